The van der Waals surface area contributed by atoms with Crippen molar-refractivity contribution in [2.24, 2.45) is 5.92 Å². The van der Waals surface area contributed by atoms with Gasteiger partial charge in [-0.05, 0) is 44.4 Å². The highest BCUT2D eigenvalue weighted by molar-refractivity contribution is 8.00. The minimum absolute atomic E-state index is 0.0286. The average Bonchev–Trinajstić information content (AvgIpc) is 2.68. The van der Waals surface area contributed by atoms with Crippen molar-refractivity contribution in [1.29, 1.82) is 0 Å². The van der Waals surface area contributed by atoms with Gasteiger partial charge in [0.2, 0.25) is 0 Å². The van der Waals surface area contributed by atoms with E-state index < -0.39 is 29.2 Å². The van der Waals surface area contributed by atoms with Crippen LogP contribution in [0.15, 0.2) is 35.2 Å². The molecule has 2 aromatic carbocycles. The summed E-state index contributed by atoms with van der Waals surface area (Å²) in [5, 5.41) is 2.34. The molecule has 0 spiro atoms. The summed E-state index contributed by atoms with van der Waals surface area (Å²) >= 11 is 1.28. The van der Waals surface area contributed by atoms with E-state index in [4.69, 9.17) is 0 Å². The van der Waals surface area contributed by atoms with Crippen molar-refractivity contribution in [3.05, 3.63) is 59.2 Å². The lowest BCUT2D eigenvalue weighted by Gasteiger charge is -2.27. The lowest BCUT2D eigenvalue weighted by atomic mass is 9.86. The van der Waals surface area contributed by atoms with E-state index in [2.05, 4.69) is 5.32 Å². The molecule has 0 bridgehead atoms. The molecular weight excluding hydrogens is 406 g/mol. The molecule has 8 heteroatoms. The highest BCUT2D eigenvalue weighted by Gasteiger charge is 2.26. The topological polar surface area (TPSA) is 46.2 Å². The van der Waals surface area contributed by atoms with Gasteiger partial charge in [-0.15, -0.1) is 11.8 Å². The number of nitrogens with one attached hydrogen (secondary N) is 1. The molecule has 29 heavy (non-hydrogen) atoms. The number of rotatable bonds is 5. The summed E-state index contributed by atoms with van der Waals surface area (Å²) in [6, 6.07) is 5.10. The maximum Gasteiger partial charge on any atom is 0.255 e. The number of halogens is 4. The van der Waals surface area contributed by atoms with E-state index in [-0.39, 0.29) is 33.1 Å². The molecular formula is C21H19F4NO2S. The van der Waals surface area contributed by atoms with E-state index in [0.717, 1.165) is 25.3 Å². The van der Waals surface area contributed by atoms with Crippen molar-refractivity contribution >= 4 is 29.1 Å². The van der Waals surface area contributed by atoms with Crippen molar-refractivity contribution in [2.75, 3.05) is 5.32 Å². The number of ketones is 1. The van der Waals surface area contributed by atoms with Crippen LogP contribution in [0.2, 0.25) is 0 Å². The number of anilines is 1. The Labute approximate surface area is 169 Å². The van der Waals surface area contributed by atoms with E-state index in [1.54, 1.807) is 6.92 Å². The maximum absolute atomic E-state index is 14.3. The van der Waals surface area contributed by atoms with Crippen LogP contribution in [0.1, 0.15) is 43.0 Å². The molecule has 3 rings (SSSR count). The highest BCUT2D eigenvalue weighted by atomic mass is 32.2. The van der Waals surface area contributed by atoms with E-state index >= 15 is 0 Å². The fourth-order valence-electron chi connectivity index (χ4n) is 3.37. The van der Waals surface area contributed by atoms with Gasteiger partial charge in [-0.2, -0.15) is 0 Å². The number of carbonyl (C=O) groups excluding carboxylic acids is 2. The first-order valence-electron chi connectivity index (χ1n) is 9.17. The monoisotopic (exact) mass is 425 g/mol. The maximum atomic E-state index is 14.3. The second kappa shape index (κ2) is 8.98. The Kier molecular flexibility index (Phi) is 6.62. The van der Waals surface area contributed by atoms with Gasteiger partial charge in [0, 0.05) is 39.4 Å². The highest BCUT2D eigenvalue weighted by Crippen LogP contribution is 2.38. The summed E-state index contributed by atoms with van der Waals surface area (Å²) in [6.45, 7) is 1.56. The Balaban J connectivity index is 1.74. The predicted molar refractivity (Wildman–Crippen MR) is 103 cm³/mol. The minimum atomic E-state index is -1.63. The fraction of sp³-hybridized carbons (Fsp3) is 0.333. The zero-order chi connectivity index (χ0) is 21.1. The number of hydrogen-bond acceptors (Lipinski definition) is 3. The number of hydrogen-bond donors (Lipinski definition) is 1. The standard InChI is InChI=1S/C21H19F4NO2S/c1-11(27)12-3-2-4-15(7-12)29-19-8-13(5-6-16(19)22)21(28)26-14-9-17(23)20(25)18(24)10-14/h5-6,8-10,12,15H,2-4,7H2,1H3,(H,26,28)/t12-,15?/m1/s1. The molecule has 1 saturated carbocycles. The molecule has 154 valence electrons. The molecule has 0 heterocycles. The van der Waals surface area contributed by atoms with Gasteiger partial charge in [0.15, 0.2) is 17.5 Å². The summed E-state index contributed by atoms with van der Waals surface area (Å²) in [5.74, 6) is -5.57. The Morgan fingerprint density at radius 3 is 2.34 bits per heavy atom. The quantitative estimate of drug-likeness (QED) is 0.491. The first-order valence-corrected chi connectivity index (χ1v) is 10.0. The molecule has 0 radical (unpaired) electrons. The Morgan fingerprint density at radius 1 is 1.00 bits per heavy atom. The zero-order valence-corrected chi connectivity index (χ0v) is 16.4. The smallest absolute Gasteiger partial charge is 0.255 e. The van der Waals surface area contributed by atoms with E-state index in [1.807, 2.05) is 0 Å². The molecule has 2 atom stereocenters. The van der Waals surface area contributed by atoms with Gasteiger partial charge in [-0.3, -0.25) is 9.59 Å². The first kappa shape index (κ1) is 21.4. The normalized spacial score (nSPS) is 19.1. The summed E-state index contributed by atoms with van der Waals surface area (Å²) in [7, 11) is 0. The van der Waals surface area contributed by atoms with Crippen LogP contribution in [0.3, 0.4) is 0 Å². The SMILES string of the molecule is CC(=O)[C@@H]1CCCC(Sc2cc(C(=O)Nc3cc(F)c(F)c(F)c3)ccc2F)C1. The third kappa shape index (κ3) is 5.18. The number of amides is 1. The Bertz CT molecular complexity index is 927. The Hall–Kier alpha value is -2.35. The second-order valence-electron chi connectivity index (χ2n) is 7.07. The molecule has 3 nitrogen and oxygen atoms in total. The van der Waals surface area contributed by atoms with E-state index in [1.165, 1.54) is 23.9 Å². The summed E-state index contributed by atoms with van der Waals surface area (Å²) in [5.41, 5.74) is -0.153. The average molecular weight is 425 g/mol. The van der Waals surface area contributed by atoms with Crippen molar-refractivity contribution in [3.8, 4) is 0 Å². The minimum Gasteiger partial charge on any atom is -0.322 e. The fourth-order valence-corrected chi connectivity index (χ4v) is 4.71. The van der Waals surface area contributed by atoms with Crippen molar-refractivity contribution in [3.63, 3.8) is 0 Å². The zero-order valence-electron chi connectivity index (χ0n) is 15.6. The summed E-state index contributed by atoms with van der Waals surface area (Å²) in [6.07, 6.45) is 3.22. The molecule has 1 aliphatic carbocycles. The van der Waals surface area contributed by atoms with Gasteiger partial charge in [0.1, 0.15) is 11.6 Å². The molecule has 1 unspecified atom stereocenters. The van der Waals surface area contributed by atoms with Crippen molar-refractivity contribution in [2.45, 2.75) is 42.8 Å². The molecule has 2 aromatic rings. The molecule has 1 amide bonds. The van der Waals surface area contributed by atoms with E-state index in [9.17, 15) is 27.2 Å². The summed E-state index contributed by atoms with van der Waals surface area (Å²) < 4.78 is 53.9. The van der Waals surface area contributed by atoms with Gasteiger partial charge < -0.3 is 5.32 Å². The predicted octanol–water partition coefficient (Wildman–Crippen LogP) is 5.74. The van der Waals surface area contributed by atoms with Crippen LogP contribution in [0.25, 0.3) is 0 Å². The number of Topliss-reactive ketones (excluding diaryl/α,β-unsaturated/α-hetero) is 1. The van der Waals surface area contributed by atoms with Gasteiger partial charge in [0.05, 0.1) is 0 Å². The first-order chi connectivity index (χ1) is 13.7. The number of carbonyl (C=O) groups is 2. The van der Waals surface area contributed by atoms with Crippen LogP contribution < -0.4 is 5.32 Å². The van der Waals surface area contributed by atoms with Gasteiger partial charge in [-0.25, -0.2) is 17.6 Å². The van der Waals surface area contributed by atoms with Crippen LogP contribution in [0, 0.1) is 29.2 Å². The van der Waals surface area contributed by atoms with Crippen LogP contribution in [0.5, 0.6) is 0 Å². The second-order valence-corrected chi connectivity index (χ2v) is 8.41. The molecule has 1 aliphatic rings. The van der Waals surface area contributed by atoms with E-state index in [0.29, 0.717) is 18.6 Å². The summed E-state index contributed by atoms with van der Waals surface area (Å²) in [4.78, 5) is 24.3. The Morgan fingerprint density at radius 2 is 1.69 bits per heavy atom. The van der Waals surface area contributed by atoms with Crippen LogP contribution in [-0.2, 0) is 4.79 Å². The van der Waals surface area contributed by atoms with Crippen LogP contribution in [-0.4, -0.2) is 16.9 Å². The van der Waals surface area contributed by atoms with Crippen molar-refractivity contribution < 1.29 is 27.2 Å². The molecule has 1 fully saturated rings. The number of thioether (sulfide) groups is 1. The number of benzene rings is 2. The van der Waals surface area contributed by atoms with Gasteiger partial charge >= 0.3 is 0 Å². The molecule has 0 aliphatic heterocycles. The molecule has 0 saturated heterocycles. The third-order valence-electron chi connectivity index (χ3n) is 4.93. The van der Waals surface area contributed by atoms with Gasteiger partial charge in [0.25, 0.3) is 5.91 Å². The lowest BCUT2D eigenvalue weighted by Crippen LogP contribution is -2.22. The van der Waals surface area contributed by atoms with Gasteiger partial charge in [-0.1, -0.05) is 6.42 Å². The lowest BCUT2D eigenvalue weighted by molar-refractivity contribution is -0.121. The molecule has 0 aromatic heterocycles. The van der Waals surface area contributed by atoms with Crippen LogP contribution in [0.4, 0.5) is 23.2 Å². The van der Waals surface area contributed by atoms with Crippen molar-refractivity contribution in [1.82, 2.24) is 0 Å². The van der Waals surface area contributed by atoms with Crippen LogP contribution >= 0.6 is 11.8 Å². The molecule has 1 N–H and O–H groups in total. The largest absolute Gasteiger partial charge is 0.322 e. The third-order valence-corrected chi connectivity index (χ3v) is 6.26.